The van der Waals surface area contributed by atoms with Crippen LogP contribution in [0.2, 0.25) is 0 Å². The predicted molar refractivity (Wildman–Crippen MR) is 69.4 cm³/mol. The summed E-state index contributed by atoms with van der Waals surface area (Å²) in [5.74, 6) is 0.657. The van der Waals surface area contributed by atoms with Crippen LogP contribution < -0.4 is 15.4 Å². The van der Waals surface area contributed by atoms with Gasteiger partial charge >= 0.3 is 0 Å². The molecular weight excluding hydrogens is 216 g/mol. The number of carbonyl (C=O) groups is 1. The van der Waals surface area contributed by atoms with Crippen LogP contribution in [0, 0.1) is 0 Å². The SMILES string of the molecule is CCCCOc1ccccc1NC(=O)CNC. The molecule has 0 saturated heterocycles. The zero-order valence-electron chi connectivity index (χ0n) is 10.5. The van der Waals surface area contributed by atoms with E-state index in [4.69, 9.17) is 4.74 Å². The maximum atomic E-state index is 11.5. The highest BCUT2D eigenvalue weighted by Gasteiger charge is 2.06. The standard InChI is InChI=1S/C13H20N2O2/c1-3-4-9-17-12-8-6-5-7-11(12)15-13(16)10-14-2/h5-8,14H,3-4,9-10H2,1-2H3,(H,15,16). The molecule has 0 bridgehead atoms. The predicted octanol–water partition coefficient (Wildman–Crippen LogP) is 2.02. The molecule has 0 unspecified atom stereocenters. The number of anilines is 1. The quantitative estimate of drug-likeness (QED) is 0.712. The fourth-order valence-corrected chi connectivity index (χ4v) is 1.38. The number of ether oxygens (including phenoxy) is 1. The molecule has 0 aromatic heterocycles. The molecule has 0 radical (unpaired) electrons. The Morgan fingerprint density at radius 3 is 2.82 bits per heavy atom. The first-order valence-electron chi connectivity index (χ1n) is 5.94. The van der Waals surface area contributed by atoms with Crippen molar-refractivity contribution in [2.24, 2.45) is 0 Å². The summed E-state index contributed by atoms with van der Waals surface area (Å²) in [6, 6.07) is 7.48. The molecule has 0 atom stereocenters. The Hall–Kier alpha value is -1.55. The average Bonchev–Trinajstić information content (AvgIpc) is 2.32. The highest BCUT2D eigenvalue weighted by atomic mass is 16.5. The molecule has 0 aliphatic carbocycles. The van der Waals surface area contributed by atoms with Crippen LogP contribution in [0.3, 0.4) is 0 Å². The van der Waals surface area contributed by atoms with Gasteiger partial charge < -0.3 is 15.4 Å². The second-order valence-electron chi connectivity index (χ2n) is 3.78. The van der Waals surface area contributed by atoms with E-state index >= 15 is 0 Å². The number of likely N-dealkylation sites (N-methyl/N-ethyl adjacent to an activating group) is 1. The second-order valence-corrected chi connectivity index (χ2v) is 3.78. The normalized spacial score (nSPS) is 10.0. The van der Waals surface area contributed by atoms with Crippen LogP contribution >= 0.6 is 0 Å². The van der Waals surface area contributed by atoms with Gasteiger partial charge in [0.2, 0.25) is 5.91 Å². The van der Waals surface area contributed by atoms with E-state index in [9.17, 15) is 4.79 Å². The summed E-state index contributed by atoms with van der Waals surface area (Å²) in [6.07, 6.45) is 2.10. The van der Waals surface area contributed by atoms with Gasteiger partial charge in [-0.3, -0.25) is 4.79 Å². The lowest BCUT2D eigenvalue weighted by atomic mass is 10.3. The Morgan fingerprint density at radius 2 is 2.12 bits per heavy atom. The van der Waals surface area contributed by atoms with Crippen molar-refractivity contribution in [1.82, 2.24) is 5.32 Å². The lowest BCUT2D eigenvalue weighted by molar-refractivity contribution is -0.115. The highest BCUT2D eigenvalue weighted by Crippen LogP contribution is 2.23. The molecule has 0 aliphatic heterocycles. The van der Waals surface area contributed by atoms with Gasteiger partial charge in [-0.25, -0.2) is 0 Å². The van der Waals surface area contributed by atoms with Crippen LogP contribution in [0.25, 0.3) is 0 Å². The van der Waals surface area contributed by atoms with Crippen molar-refractivity contribution in [3.05, 3.63) is 24.3 Å². The molecule has 4 heteroatoms. The minimum absolute atomic E-state index is 0.0703. The number of hydrogen-bond acceptors (Lipinski definition) is 3. The van der Waals surface area contributed by atoms with Crippen molar-refractivity contribution in [2.45, 2.75) is 19.8 Å². The van der Waals surface area contributed by atoms with Gasteiger partial charge in [-0.1, -0.05) is 25.5 Å². The minimum atomic E-state index is -0.0703. The summed E-state index contributed by atoms with van der Waals surface area (Å²) in [6.45, 7) is 3.09. The van der Waals surface area contributed by atoms with E-state index in [1.807, 2.05) is 24.3 Å². The first kappa shape index (κ1) is 13.5. The highest BCUT2D eigenvalue weighted by molar-refractivity contribution is 5.93. The molecule has 1 aromatic carbocycles. The van der Waals surface area contributed by atoms with Gasteiger partial charge in [-0.15, -0.1) is 0 Å². The van der Waals surface area contributed by atoms with Crippen molar-refractivity contribution >= 4 is 11.6 Å². The fourth-order valence-electron chi connectivity index (χ4n) is 1.38. The molecule has 0 heterocycles. The van der Waals surface area contributed by atoms with Crippen molar-refractivity contribution in [3.8, 4) is 5.75 Å². The third kappa shape index (κ3) is 4.87. The molecule has 1 rings (SSSR count). The lowest BCUT2D eigenvalue weighted by Crippen LogP contribution is -2.25. The van der Waals surface area contributed by atoms with E-state index < -0.39 is 0 Å². The Labute approximate surface area is 102 Å². The van der Waals surface area contributed by atoms with Crippen molar-refractivity contribution in [2.75, 3.05) is 25.5 Å². The smallest absolute Gasteiger partial charge is 0.238 e. The molecule has 17 heavy (non-hydrogen) atoms. The number of para-hydroxylation sites is 2. The summed E-state index contributed by atoms with van der Waals surface area (Å²) < 4.78 is 5.62. The van der Waals surface area contributed by atoms with E-state index in [0.29, 0.717) is 13.2 Å². The van der Waals surface area contributed by atoms with Gasteiger partial charge in [-0.05, 0) is 25.6 Å². The van der Waals surface area contributed by atoms with Crippen molar-refractivity contribution in [3.63, 3.8) is 0 Å². The molecule has 0 spiro atoms. The van der Waals surface area contributed by atoms with Crippen molar-refractivity contribution < 1.29 is 9.53 Å². The number of nitrogens with one attached hydrogen (secondary N) is 2. The average molecular weight is 236 g/mol. The van der Waals surface area contributed by atoms with Crippen LogP contribution in [0.5, 0.6) is 5.75 Å². The second kappa shape index (κ2) is 7.68. The van der Waals surface area contributed by atoms with Gasteiger partial charge in [-0.2, -0.15) is 0 Å². The van der Waals surface area contributed by atoms with Crippen molar-refractivity contribution in [1.29, 1.82) is 0 Å². The summed E-state index contributed by atoms with van der Waals surface area (Å²) in [5.41, 5.74) is 0.726. The fraction of sp³-hybridized carbons (Fsp3) is 0.462. The van der Waals surface area contributed by atoms with Crippen LogP contribution in [0.15, 0.2) is 24.3 Å². The topological polar surface area (TPSA) is 50.4 Å². The van der Waals surface area contributed by atoms with E-state index in [-0.39, 0.29) is 5.91 Å². The monoisotopic (exact) mass is 236 g/mol. The van der Waals surface area contributed by atoms with Gasteiger partial charge in [0.05, 0.1) is 18.8 Å². The zero-order chi connectivity index (χ0) is 12.5. The lowest BCUT2D eigenvalue weighted by Gasteiger charge is -2.11. The first-order chi connectivity index (χ1) is 8.27. The number of hydrogen-bond donors (Lipinski definition) is 2. The van der Waals surface area contributed by atoms with Crippen LogP contribution in [-0.2, 0) is 4.79 Å². The van der Waals surface area contributed by atoms with Gasteiger partial charge in [0.15, 0.2) is 0 Å². The zero-order valence-corrected chi connectivity index (χ0v) is 10.5. The van der Waals surface area contributed by atoms with Crippen LogP contribution in [-0.4, -0.2) is 26.1 Å². The van der Waals surface area contributed by atoms with E-state index in [1.54, 1.807) is 7.05 Å². The number of rotatable bonds is 7. The Bertz CT molecular complexity index is 353. The molecule has 2 N–H and O–H groups in total. The third-order valence-electron chi connectivity index (χ3n) is 2.25. The van der Waals surface area contributed by atoms with E-state index in [2.05, 4.69) is 17.6 Å². The Kier molecular flexibility index (Phi) is 6.10. The maximum Gasteiger partial charge on any atom is 0.238 e. The van der Waals surface area contributed by atoms with Gasteiger partial charge in [0.25, 0.3) is 0 Å². The number of benzene rings is 1. The largest absolute Gasteiger partial charge is 0.491 e. The van der Waals surface area contributed by atoms with E-state index in [0.717, 1.165) is 24.3 Å². The number of amides is 1. The summed E-state index contributed by atoms with van der Waals surface area (Å²) in [7, 11) is 1.74. The number of unbranched alkanes of at least 4 members (excludes halogenated alkanes) is 1. The first-order valence-corrected chi connectivity index (χ1v) is 5.94. The molecule has 1 amide bonds. The number of carbonyl (C=O) groups excluding carboxylic acids is 1. The Balaban J connectivity index is 2.60. The maximum absolute atomic E-state index is 11.5. The molecule has 0 aliphatic rings. The molecule has 0 saturated carbocycles. The van der Waals surface area contributed by atoms with Gasteiger partial charge in [0.1, 0.15) is 5.75 Å². The van der Waals surface area contributed by atoms with Crippen LogP contribution in [0.4, 0.5) is 5.69 Å². The molecule has 1 aromatic rings. The van der Waals surface area contributed by atoms with E-state index in [1.165, 1.54) is 0 Å². The summed E-state index contributed by atoms with van der Waals surface area (Å²) >= 11 is 0. The summed E-state index contributed by atoms with van der Waals surface area (Å²) in [5, 5.41) is 5.62. The Morgan fingerprint density at radius 1 is 1.35 bits per heavy atom. The minimum Gasteiger partial charge on any atom is -0.491 e. The summed E-state index contributed by atoms with van der Waals surface area (Å²) in [4.78, 5) is 11.5. The van der Waals surface area contributed by atoms with Gasteiger partial charge in [0, 0.05) is 0 Å². The molecular formula is C13H20N2O2. The van der Waals surface area contributed by atoms with Crippen LogP contribution in [0.1, 0.15) is 19.8 Å². The molecule has 0 fully saturated rings. The molecule has 4 nitrogen and oxygen atoms in total. The molecule has 94 valence electrons. The third-order valence-corrected chi connectivity index (χ3v) is 2.25.